The smallest absolute Gasteiger partial charge is 0.181 e. The largest absolute Gasteiger partial charge is 0.474 e. The van der Waals surface area contributed by atoms with Gasteiger partial charge in [0.15, 0.2) is 6.10 Å². The van der Waals surface area contributed by atoms with Crippen molar-refractivity contribution in [3.05, 3.63) is 24.7 Å². The van der Waals surface area contributed by atoms with Crippen molar-refractivity contribution in [1.82, 2.24) is 14.8 Å². The summed E-state index contributed by atoms with van der Waals surface area (Å²) in [5.74, 6) is 1.66. The lowest BCUT2D eigenvalue weighted by atomic mass is 10.1. The van der Waals surface area contributed by atoms with Gasteiger partial charge in [0, 0.05) is 24.4 Å². The molecule has 2 aliphatic carbocycles. The van der Waals surface area contributed by atoms with Crippen LogP contribution >= 0.6 is 17.5 Å². The molecule has 2 saturated carbocycles. The first-order chi connectivity index (χ1) is 12.6. The molecule has 2 heterocycles. The second-order valence-electron chi connectivity index (χ2n) is 6.97. The van der Waals surface area contributed by atoms with Crippen LogP contribution in [-0.4, -0.2) is 32.2 Å². The van der Waals surface area contributed by atoms with Crippen LogP contribution in [0.25, 0.3) is 11.1 Å². The maximum absolute atomic E-state index is 9.10. The molecular weight excluding hydrogens is 364 g/mol. The fourth-order valence-electron chi connectivity index (χ4n) is 2.61. The molecule has 3 atom stereocenters. The van der Waals surface area contributed by atoms with Crippen LogP contribution in [0.2, 0.25) is 0 Å². The monoisotopic (exact) mass is 387 g/mol. The molecule has 0 radical (unpaired) electrons. The normalized spacial score (nSPS) is 18.5. The van der Waals surface area contributed by atoms with Crippen LogP contribution in [0, 0.1) is 11.3 Å². The van der Waals surface area contributed by atoms with E-state index in [9.17, 15) is 0 Å². The van der Waals surface area contributed by atoms with Gasteiger partial charge in [0.25, 0.3) is 0 Å². The van der Waals surface area contributed by atoms with E-state index < -0.39 is 6.10 Å². The molecule has 0 bridgehead atoms. The van der Waals surface area contributed by atoms with Crippen LogP contribution in [0.1, 0.15) is 32.6 Å². The zero-order valence-electron chi connectivity index (χ0n) is 15.0. The van der Waals surface area contributed by atoms with E-state index in [1.54, 1.807) is 17.8 Å². The molecule has 2 fully saturated rings. The van der Waals surface area contributed by atoms with Crippen molar-refractivity contribution in [2.75, 3.05) is 4.44 Å². The number of pyridine rings is 1. The van der Waals surface area contributed by atoms with Gasteiger partial charge >= 0.3 is 0 Å². The number of hydrogen-bond donors (Lipinski definition) is 0. The molecule has 0 aromatic carbocycles. The molecule has 4 rings (SSSR count). The second kappa shape index (κ2) is 7.51. The lowest BCUT2D eigenvalue weighted by molar-refractivity contribution is 0.276. The van der Waals surface area contributed by atoms with Crippen LogP contribution in [0.15, 0.2) is 24.7 Å². The highest BCUT2D eigenvalue weighted by Gasteiger charge is 2.30. The molecule has 2 aromatic rings. The number of nitrogens with zero attached hydrogens (tertiary/aromatic N) is 5. The van der Waals surface area contributed by atoms with Crippen LogP contribution in [0.4, 0.5) is 5.82 Å². The summed E-state index contributed by atoms with van der Waals surface area (Å²) in [7, 11) is 3.55. The van der Waals surface area contributed by atoms with Crippen molar-refractivity contribution in [3.8, 4) is 22.9 Å². The Kier molecular flexibility index (Phi) is 5.11. The average molecular weight is 387 g/mol. The number of nitriles is 1. The number of aromatic nitrogens is 3. The third-order valence-corrected chi connectivity index (χ3v) is 8.00. The molecule has 136 valence electrons. The van der Waals surface area contributed by atoms with Gasteiger partial charge in [-0.1, -0.05) is 0 Å². The Morgan fingerprint density at radius 2 is 1.96 bits per heavy atom. The fourth-order valence-corrected chi connectivity index (χ4v) is 6.09. The van der Waals surface area contributed by atoms with Gasteiger partial charge in [-0.05, 0) is 67.5 Å². The van der Waals surface area contributed by atoms with Crippen LogP contribution in [0.5, 0.6) is 5.75 Å². The first kappa shape index (κ1) is 17.7. The van der Waals surface area contributed by atoms with E-state index in [4.69, 9.17) is 15.0 Å². The summed E-state index contributed by atoms with van der Waals surface area (Å²) in [6.45, 7) is 1.75. The zero-order chi connectivity index (χ0) is 18.1. The molecule has 0 spiro atoms. The summed E-state index contributed by atoms with van der Waals surface area (Å²) in [5, 5.41) is 13.4. The summed E-state index contributed by atoms with van der Waals surface area (Å²) >= 11 is 0. The first-order valence-corrected chi connectivity index (χ1v) is 11.0. The number of anilines is 1. The summed E-state index contributed by atoms with van der Waals surface area (Å²) in [6, 6.07) is 4.24. The van der Waals surface area contributed by atoms with E-state index in [2.05, 4.69) is 21.7 Å². The predicted octanol–water partition coefficient (Wildman–Crippen LogP) is 4.09. The van der Waals surface area contributed by atoms with E-state index >= 15 is 0 Å². The van der Waals surface area contributed by atoms with Gasteiger partial charge in [0.1, 0.15) is 17.6 Å². The van der Waals surface area contributed by atoms with Crippen molar-refractivity contribution in [2.24, 2.45) is 7.05 Å². The highest BCUT2D eigenvalue weighted by molar-refractivity contribution is 7.60. The summed E-state index contributed by atoms with van der Waals surface area (Å²) < 4.78 is 10.1. The zero-order valence-corrected chi connectivity index (χ0v) is 17.0. The number of ether oxygens (including phenoxy) is 1. The van der Waals surface area contributed by atoms with Gasteiger partial charge in [-0.25, -0.2) is 4.98 Å². The minimum Gasteiger partial charge on any atom is -0.474 e. The Morgan fingerprint density at radius 1 is 1.27 bits per heavy atom. The molecule has 0 N–H and O–H groups in total. The molecule has 0 amide bonds. The van der Waals surface area contributed by atoms with Crippen LogP contribution < -0.4 is 9.18 Å². The molecule has 2 aromatic heterocycles. The van der Waals surface area contributed by atoms with Crippen LogP contribution in [0.3, 0.4) is 0 Å². The minimum absolute atomic E-state index is 0.518. The number of rotatable bonds is 8. The number of aryl methyl sites for hydroxylation is 1. The Morgan fingerprint density at radius 3 is 2.50 bits per heavy atom. The highest BCUT2D eigenvalue weighted by Crippen LogP contribution is 2.54. The van der Waals surface area contributed by atoms with Crippen molar-refractivity contribution in [1.29, 1.82) is 5.26 Å². The Bertz CT molecular complexity index is 811. The standard InChI is InChI=1S/C18H23N5OP2/c1-12(8-19)24-17-10-20-18(7-16(17)13-9-21-22(2)11-13)23(25-14-3-4-14)26-15-5-6-15/h7,9-12,14-15,25-26H,3-6H2,1-2H3. The summed E-state index contributed by atoms with van der Waals surface area (Å²) in [6.07, 6.45) is 10.4. The third-order valence-electron chi connectivity index (χ3n) is 4.36. The van der Waals surface area contributed by atoms with Gasteiger partial charge in [0.2, 0.25) is 0 Å². The molecule has 6 nitrogen and oxygen atoms in total. The number of hydrogen-bond acceptors (Lipinski definition) is 5. The first-order valence-electron chi connectivity index (χ1n) is 9.00. The van der Waals surface area contributed by atoms with E-state index in [-0.39, 0.29) is 0 Å². The topological polar surface area (TPSA) is 67.0 Å². The van der Waals surface area contributed by atoms with Gasteiger partial charge < -0.3 is 9.18 Å². The van der Waals surface area contributed by atoms with Gasteiger partial charge in [-0.15, -0.1) is 0 Å². The Labute approximate surface area is 157 Å². The molecule has 26 heavy (non-hydrogen) atoms. The molecular formula is C18H23N5OP2. The molecule has 3 unspecified atom stereocenters. The maximum atomic E-state index is 9.10. The lowest BCUT2D eigenvalue weighted by Crippen LogP contribution is -2.10. The molecule has 2 aliphatic rings. The van der Waals surface area contributed by atoms with E-state index in [1.165, 1.54) is 25.7 Å². The molecule has 8 heteroatoms. The van der Waals surface area contributed by atoms with E-state index in [0.717, 1.165) is 45.7 Å². The van der Waals surface area contributed by atoms with Crippen molar-refractivity contribution < 1.29 is 4.74 Å². The van der Waals surface area contributed by atoms with Crippen LogP contribution in [-0.2, 0) is 7.05 Å². The van der Waals surface area contributed by atoms with Crippen molar-refractivity contribution >= 4 is 23.3 Å². The SMILES string of the molecule is CC(C#N)Oc1cnc(N(PC2CC2)PC2CC2)cc1-c1cnn(C)c1. The third kappa shape index (κ3) is 4.34. The fraction of sp³-hybridized carbons (Fsp3) is 0.500. The quantitative estimate of drug-likeness (QED) is 0.638. The van der Waals surface area contributed by atoms with Gasteiger partial charge in [0.05, 0.1) is 12.4 Å². The lowest BCUT2D eigenvalue weighted by Gasteiger charge is -2.24. The highest BCUT2D eigenvalue weighted by atomic mass is 31.1. The van der Waals surface area contributed by atoms with Crippen molar-refractivity contribution in [3.63, 3.8) is 0 Å². The Balaban J connectivity index is 1.67. The van der Waals surface area contributed by atoms with E-state index in [0.29, 0.717) is 5.75 Å². The molecule has 0 saturated heterocycles. The van der Waals surface area contributed by atoms with Gasteiger partial charge in [-0.2, -0.15) is 10.4 Å². The van der Waals surface area contributed by atoms with Gasteiger partial charge in [-0.3, -0.25) is 4.68 Å². The average Bonchev–Trinajstić information content (AvgIpc) is 3.56. The second-order valence-corrected chi connectivity index (χ2v) is 10.5. The predicted molar refractivity (Wildman–Crippen MR) is 107 cm³/mol. The Hall–Kier alpha value is -1.69. The van der Waals surface area contributed by atoms with E-state index in [1.807, 2.05) is 19.4 Å². The molecule has 0 aliphatic heterocycles. The minimum atomic E-state index is -0.518. The van der Waals surface area contributed by atoms with Crippen molar-refractivity contribution in [2.45, 2.75) is 50.0 Å². The summed E-state index contributed by atoms with van der Waals surface area (Å²) in [4.78, 5) is 4.70. The summed E-state index contributed by atoms with van der Waals surface area (Å²) in [5.41, 5.74) is 3.64. The maximum Gasteiger partial charge on any atom is 0.181 e.